The number of carbonyl (C=O) groups excluding carboxylic acids is 2. The summed E-state index contributed by atoms with van der Waals surface area (Å²) in [5.41, 5.74) is 0.328. The van der Waals surface area contributed by atoms with E-state index in [4.69, 9.17) is 14.2 Å². The third kappa shape index (κ3) is 2.84. The number of likely N-dealkylation sites (N-methyl/N-ethyl adjacent to an activating group) is 1. The van der Waals surface area contributed by atoms with Crippen molar-refractivity contribution in [2.45, 2.75) is 19.9 Å². The summed E-state index contributed by atoms with van der Waals surface area (Å²) in [5.74, 6) is 1.17. The maximum atomic E-state index is 11.8. The fraction of sp³-hybridized carbons (Fsp3) is 0.429. The molecule has 0 bridgehead atoms. The van der Waals surface area contributed by atoms with Gasteiger partial charge < -0.3 is 19.1 Å². The lowest BCUT2D eigenvalue weighted by Crippen LogP contribution is -2.36. The van der Waals surface area contributed by atoms with Crippen LogP contribution in [0.1, 0.15) is 24.2 Å². The van der Waals surface area contributed by atoms with Crippen LogP contribution in [0, 0.1) is 0 Å². The van der Waals surface area contributed by atoms with Gasteiger partial charge >= 0.3 is 0 Å². The average molecular weight is 279 g/mol. The van der Waals surface area contributed by atoms with Crippen LogP contribution in [0.4, 0.5) is 0 Å². The highest BCUT2D eigenvalue weighted by atomic mass is 16.7. The van der Waals surface area contributed by atoms with E-state index in [2.05, 4.69) is 0 Å². The fourth-order valence-electron chi connectivity index (χ4n) is 1.69. The molecule has 0 N–H and O–H groups in total. The number of hydrogen-bond donors (Lipinski definition) is 0. The highest BCUT2D eigenvalue weighted by Gasteiger charge is 2.19. The second-order valence-corrected chi connectivity index (χ2v) is 4.75. The van der Waals surface area contributed by atoms with Crippen molar-refractivity contribution in [3.05, 3.63) is 17.7 Å². The minimum Gasteiger partial charge on any atom is -0.483 e. The van der Waals surface area contributed by atoms with E-state index < -0.39 is 0 Å². The van der Waals surface area contributed by atoms with Crippen LogP contribution in [0.25, 0.3) is 0 Å². The average Bonchev–Trinajstić information content (AvgIpc) is 2.89. The zero-order valence-corrected chi connectivity index (χ0v) is 11.7. The number of carbonyl (C=O) groups is 2. The predicted molar refractivity (Wildman–Crippen MR) is 71.4 cm³/mol. The molecule has 0 saturated carbocycles. The molecule has 108 valence electrons. The quantitative estimate of drug-likeness (QED) is 0.764. The van der Waals surface area contributed by atoms with Gasteiger partial charge in [0.05, 0.1) is 5.56 Å². The number of fused-ring (bicyclic) bond motifs is 1. The van der Waals surface area contributed by atoms with Gasteiger partial charge in [-0.25, -0.2) is 0 Å². The monoisotopic (exact) mass is 279 g/mol. The first kappa shape index (κ1) is 14.2. The minimum atomic E-state index is -0.158. The summed E-state index contributed by atoms with van der Waals surface area (Å²) in [5, 5.41) is 0. The van der Waals surface area contributed by atoms with Gasteiger partial charge in [-0.3, -0.25) is 9.59 Å². The first-order valence-electron chi connectivity index (χ1n) is 6.30. The molecule has 0 spiro atoms. The third-order valence-corrected chi connectivity index (χ3v) is 3.15. The van der Waals surface area contributed by atoms with Crippen molar-refractivity contribution >= 4 is 12.2 Å². The van der Waals surface area contributed by atoms with Crippen molar-refractivity contribution in [2.24, 2.45) is 0 Å². The van der Waals surface area contributed by atoms with Gasteiger partial charge in [0.2, 0.25) is 6.79 Å². The summed E-state index contributed by atoms with van der Waals surface area (Å²) in [6.45, 7) is 3.81. The standard InChI is InChI=1S/C14H17NO5/c1-9(2)15(3)14(17)7-18-11-5-13-12(19-8-20-13)4-10(11)6-16/h4-6,9H,7-8H2,1-3H3. The van der Waals surface area contributed by atoms with E-state index in [0.717, 1.165) is 0 Å². The molecule has 6 heteroatoms. The van der Waals surface area contributed by atoms with Crippen LogP contribution in [0.3, 0.4) is 0 Å². The van der Waals surface area contributed by atoms with Gasteiger partial charge in [0.1, 0.15) is 5.75 Å². The summed E-state index contributed by atoms with van der Waals surface area (Å²) >= 11 is 0. The molecule has 0 unspecified atom stereocenters. The second-order valence-electron chi connectivity index (χ2n) is 4.75. The lowest BCUT2D eigenvalue weighted by atomic mass is 10.2. The molecule has 0 atom stereocenters. The van der Waals surface area contributed by atoms with Crippen molar-refractivity contribution in [2.75, 3.05) is 20.4 Å². The molecule has 1 heterocycles. The van der Waals surface area contributed by atoms with Crippen LogP contribution < -0.4 is 14.2 Å². The van der Waals surface area contributed by atoms with Crippen molar-refractivity contribution < 1.29 is 23.8 Å². The molecule has 0 saturated heterocycles. The molecule has 0 aliphatic carbocycles. The largest absolute Gasteiger partial charge is 0.483 e. The van der Waals surface area contributed by atoms with Gasteiger partial charge in [0.25, 0.3) is 5.91 Å². The van der Waals surface area contributed by atoms with Gasteiger partial charge in [0.15, 0.2) is 24.4 Å². The highest BCUT2D eigenvalue weighted by Crippen LogP contribution is 2.37. The maximum Gasteiger partial charge on any atom is 0.260 e. The molecule has 1 aliphatic rings. The van der Waals surface area contributed by atoms with Gasteiger partial charge in [-0.15, -0.1) is 0 Å². The van der Waals surface area contributed by atoms with E-state index in [0.29, 0.717) is 29.1 Å². The Balaban J connectivity index is 2.10. The lowest BCUT2D eigenvalue weighted by molar-refractivity contribution is -0.133. The van der Waals surface area contributed by atoms with E-state index >= 15 is 0 Å². The SMILES string of the molecule is CC(C)N(C)C(=O)COc1cc2c(cc1C=O)OCO2. The Labute approximate surface area is 117 Å². The minimum absolute atomic E-state index is 0.0911. The molecule has 1 aliphatic heterocycles. The van der Waals surface area contributed by atoms with Gasteiger partial charge in [-0.1, -0.05) is 0 Å². The zero-order chi connectivity index (χ0) is 14.7. The van der Waals surface area contributed by atoms with E-state index in [1.165, 1.54) is 0 Å². The van der Waals surface area contributed by atoms with E-state index in [1.54, 1.807) is 24.1 Å². The molecule has 0 aromatic heterocycles. The van der Waals surface area contributed by atoms with E-state index in [1.807, 2.05) is 13.8 Å². The highest BCUT2D eigenvalue weighted by molar-refractivity contribution is 5.82. The van der Waals surface area contributed by atoms with Crippen molar-refractivity contribution in [1.29, 1.82) is 0 Å². The zero-order valence-electron chi connectivity index (χ0n) is 11.7. The normalized spacial score (nSPS) is 12.4. The summed E-state index contributed by atoms with van der Waals surface area (Å²) in [7, 11) is 1.70. The molecule has 20 heavy (non-hydrogen) atoms. The van der Waals surface area contributed by atoms with Crippen LogP contribution in [0.5, 0.6) is 17.2 Å². The molecule has 1 aromatic carbocycles. The van der Waals surface area contributed by atoms with Crippen LogP contribution >= 0.6 is 0 Å². The van der Waals surface area contributed by atoms with Gasteiger partial charge in [-0.2, -0.15) is 0 Å². The van der Waals surface area contributed by atoms with Gasteiger partial charge in [-0.05, 0) is 19.9 Å². The molecular weight excluding hydrogens is 262 g/mol. The number of aldehydes is 1. The Kier molecular flexibility index (Phi) is 4.12. The smallest absolute Gasteiger partial charge is 0.260 e. The fourth-order valence-corrected chi connectivity index (χ4v) is 1.69. The molecule has 0 fully saturated rings. The third-order valence-electron chi connectivity index (χ3n) is 3.15. The topological polar surface area (TPSA) is 65.1 Å². The summed E-state index contributed by atoms with van der Waals surface area (Å²) in [4.78, 5) is 24.5. The van der Waals surface area contributed by atoms with Crippen LogP contribution in [0.2, 0.25) is 0 Å². The van der Waals surface area contributed by atoms with E-state index in [9.17, 15) is 9.59 Å². The number of amides is 1. The van der Waals surface area contributed by atoms with E-state index in [-0.39, 0.29) is 25.3 Å². The summed E-state index contributed by atoms with van der Waals surface area (Å²) in [6, 6.07) is 3.20. The first-order valence-corrected chi connectivity index (χ1v) is 6.30. The Hall–Kier alpha value is -2.24. The number of nitrogens with zero attached hydrogens (tertiary/aromatic N) is 1. The summed E-state index contributed by atoms with van der Waals surface area (Å²) in [6.07, 6.45) is 0.661. The van der Waals surface area contributed by atoms with Crippen molar-refractivity contribution in [3.8, 4) is 17.2 Å². The van der Waals surface area contributed by atoms with Gasteiger partial charge in [0, 0.05) is 19.2 Å². The Bertz CT molecular complexity index is 527. The molecule has 1 aromatic rings. The van der Waals surface area contributed by atoms with Crippen molar-refractivity contribution in [3.63, 3.8) is 0 Å². The van der Waals surface area contributed by atoms with Crippen molar-refractivity contribution in [1.82, 2.24) is 4.90 Å². The van der Waals surface area contributed by atoms with Crippen LogP contribution in [0.15, 0.2) is 12.1 Å². The maximum absolute atomic E-state index is 11.8. The molecule has 1 amide bonds. The molecule has 0 radical (unpaired) electrons. The number of hydrogen-bond acceptors (Lipinski definition) is 5. The molecule has 2 rings (SSSR count). The first-order chi connectivity index (χ1) is 9.52. The summed E-state index contributed by atoms with van der Waals surface area (Å²) < 4.78 is 15.8. The van der Waals surface area contributed by atoms with Crippen LogP contribution in [-0.2, 0) is 4.79 Å². The Morgan fingerprint density at radius 2 is 2.05 bits per heavy atom. The molecular formula is C14H17NO5. The Morgan fingerprint density at radius 3 is 2.65 bits per heavy atom. The Morgan fingerprint density at radius 1 is 1.40 bits per heavy atom. The number of benzene rings is 1. The number of rotatable bonds is 5. The predicted octanol–water partition coefficient (Wildman–Crippen LogP) is 1.47. The lowest BCUT2D eigenvalue weighted by Gasteiger charge is -2.21. The number of ether oxygens (including phenoxy) is 3. The van der Waals surface area contributed by atoms with Crippen LogP contribution in [-0.4, -0.2) is 43.6 Å². The second kappa shape index (κ2) is 5.81. The molecule has 6 nitrogen and oxygen atoms in total.